The molecule has 1 aliphatic rings. The average Bonchev–Trinajstić information content (AvgIpc) is 1.94. The van der Waals surface area contributed by atoms with Gasteiger partial charge < -0.3 is 9.47 Å². The summed E-state index contributed by atoms with van der Waals surface area (Å²) in [5.41, 5.74) is 0. The predicted molar refractivity (Wildman–Crippen MR) is 45.6 cm³/mol. The number of alkyl halides is 4. The lowest BCUT2D eigenvalue weighted by Gasteiger charge is -2.28. The van der Waals surface area contributed by atoms with Gasteiger partial charge in [0.05, 0.1) is 13.2 Å². The largest absolute Gasteiger partial charge is 0.352 e. The van der Waals surface area contributed by atoms with E-state index in [0.29, 0.717) is 0 Å². The van der Waals surface area contributed by atoms with Gasteiger partial charge in [-0.15, -0.1) is 0 Å². The molecule has 11 heavy (non-hydrogen) atoms. The Hall–Kier alpha value is 1.08. The second kappa shape index (κ2) is 3.44. The van der Waals surface area contributed by atoms with E-state index in [2.05, 4.69) is 0 Å². The van der Waals surface area contributed by atoms with E-state index in [-0.39, 0.29) is 20.0 Å². The van der Waals surface area contributed by atoms with Gasteiger partial charge in [0.15, 0.2) is 8.67 Å². The van der Waals surface area contributed by atoms with Crippen molar-refractivity contribution in [1.29, 1.82) is 0 Å². The van der Waals surface area contributed by atoms with Crippen LogP contribution >= 0.6 is 46.4 Å². The van der Waals surface area contributed by atoms with Gasteiger partial charge in [0.2, 0.25) is 0 Å². The van der Waals surface area contributed by atoms with Crippen molar-refractivity contribution >= 4 is 46.4 Å². The van der Waals surface area contributed by atoms with Crippen molar-refractivity contribution in [1.82, 2.24) is 0 Å². The third-order valence-electron chi connectivity index (χ3n) is 1.27. The highest BCUT2D eigenvalue weighted by atomic mass is 35.5. The van der Waals surface area contributed by atoms with Gasteiger partial charge in [0, 0.05) is 0 Å². The van der Waals surface area contributed by atoms with Crippen molar-refractivity contribution < 1.29 is 9.47 Å². The molecule has 0 radical (unpaired) electrons. The first-order chi connectivity index (χ1) is 4.96. The van der Waals surface area contributed by atoms with Crippen molar-refractivity contribution in [2.24, 2.45) is 0 Å². The van der Waals surface area contributed by atoms with Crippen molar-refractivity contribution in [2.75, 3.05) is 20.0 Å². The molecule has 1 aliphatic heterocycles. The van der Waals surface area contributed by atoms with Gasteiger partial charge in [-0.3, -0.25) is 0 Å². The van der Waals surface area contributed by atoms with Crippen LogP contribution in [0, 0.1) is 0 Å². The lowest BCUT2D eigenvalue weighted by atomic mass is 10.3. The summed E-state index contributed by atoms with van der Waals surface area (Å²) in [6.07, 6.45) is 0. The molecule has 0 amide bonds. The minimum atomic E-state index is -1.31. The van der Waals surface area contributed by atoms with Gasteiger partial charge in [-0.2, -0.15) is 0 Å². The van der Waals surface area contributed by atoms with E-state index in [0.717, 1.165) is 0 Å². The Bertz CT molecular complexity index is 131. The van der Waals surface area contributed by atoms with Crippen molar-refractivity contribution in [2.45, 2.75) is 8.67 Å². The standard InChI is InChI=1S/C5H6Cl4O2/c6-4(7)1-10-3-11-2-5(4,8)9/h1-3H2. The normalized spacial score (nSPS) is 29.5. The highest BCUT2D eigenvalue weighted by Crippen LogP contribution is 2.44. The lowest BCUT2D eigenvalue weighted by molar-refractivity contribution is -0.0328. The fourth-order valence-corrected chi connectivity index (χ4v) is 1.14. The number of hydrogen-bond donors (Lipinski definition) is 0. The molecular weight excluding hydrogens is 234 g/mol. The molecule has 0 unspecified atom stereocenters. The van der Waals surface area contributed by atoms with E-state index in [1.165, 1.54) is 0 Å². The molecule has 1 saturated heterocycles. The second-order valence-corrected chi connectivity index (χ2v) is 5.19. The van der Waals surface area contributed by atoms with Crippen LogP contribution in [0.2, 0.25) is 0 Å². The third kappa shape index (κ3) is 2.27. The molecule has 0 aromatic carbocycles. The molecule has 66 valence electrons. The van der Waals surface area contributed by atoms with E-state index in [1.54, 1.807) is 0 Å². The van der Waals surface area contributed by atoms with Crippen LogP contribution < -0.4 is 0 Å². The van der Waals surface area contributed by atoms with Gasteiger partial charge in [0.1, 0.15) is 6.79 Å². The molecular formula is C5H6Cl4O2. The molecule has 0 bridgehead atoms. The van der Waals surface area contributed by atoms with Crippen molar-refractivity contribution in [3.8, 4) is 0 Å². The first-order valence-corrected chi connectivity index (χ1v) is 4.38. The van der Waals surface area contributed by atoms with Crippen LogP contribution in [0.4, 0.5) is 0 Å². The Labute approximate surface area is 84.6 Å². The molecule has 0 spiro atoms. The molecule has 0 atom stereocenters. The summed E-state index contributed by atoms with van der Waals surface area (Å²) in [6.45, 7) is 0.231. The number of hydrogen-bond acceptors (Lipinski definition) is 2. The topological polar surface area (TPSA) is 18.5 Å². The smallest absolute Gasteiger partial charge is 0.176 e. The first kappa shape index (κ1) is 10.2. The van der Waals surface area contributed by atoms with E-state index in [1.807, 2.05) is 0 Å². The van der Waals surface area contributed by atoms with Gasteiger partial charge in [-0.05, 0) is 0 Å². The molecule has 1 heterocycles. The van der Waals surface area contributed by atoms with Crippen LogP contribution in [0.25, 0.3) is 0 Å². The Kier molecular flexibility index (Phi) is 3.18. The Morgan fingerprint density at radius 3 is 1.55 bits per heavy atom. The van der Waals surface area contributed by atoms with Crippen LogP contribution in [0.5, 0.6) is 0 Å². The molecule has 0 aliphatic carbocycles. The first-order valence-electron chi connectivity index (χ1n) is 2.87. The molecule has 0 aromatic heterocycles. The summed E-state index contributed by atoms with van der Waals surface area (Å²) >= 11 is 23.1. The summed E-state index contributed by atoms with van der Waals surface area (Å²) in [5.74, 6) is 0. The van der Waals surface area contributed by atoms with Crippen LogP contribution in [0.15, 0.2) is 0 Å². The summed E-state index contributed by atoms with van der Waals surface area (Å²) in [7, 11) is 0. The summed E-state index contributed by atoms with van der Waals surface area (Å²) in [4.78, 5) is 0. The van der Waals surface area contributed by atoms with E-state index >= 15 is 0 Å². The molecule has 0 N–H and O–H groups in total. The maximum absolute atomic E-state index is 5.76. The summed E-state index contributed by atoms with van der Waals surface area (Å²) in [6, 6.07) is 0. The van der Waals surface area contributed by atoms with Crippen LogP contribution in [-0.2, 0) is 9.47 Å². The molecule has 2 nitrogen and oxygen atoms in total. The molecule has 1 rings (SSSR count). The maximum atomic E-state index is 5.76. The summed E-state index contributed by atoms with van der Waals surface area (Å²) in [5, 5.41) is 0. The van der Waals surface area contributed by atoms with E-state index in [4.69, 9.17) is 55.9 Å². The zero-order valence-electron chi connectivity index (χ0n) is 5.45. The SMILES string of the molecule is ClC1(Cl)COCOCC1(Cl)Cl. The summed E-state index contributed by atoms with van der Waals surface area (Å²) < 4.78 is 7.15. The lowest BCUT2D eigenvalue weighted by Crippen LogP contribution is -2.41. The monoisotopic (exact) mass is 238 g/mol. The molecule has 6 heteroatoms. The Balaban J connectivity index is 2.72. The van der Waals surface area contributed by atoms with Crippen LogP contribution in [0.1, 0.15) is 0 Å². The molecule has 0 saturated carbocycles. The Morgan fingerprint density at radius 1 is 0.818 bits per heavy atom. The van der Waals surface area contributed by atoms with Gasteiger partial charge in [-0.1, -0.05) is 46.4 Å². The molecule has 0 aromatic rings. The van der Waals surface area contributed by atoms with Gasteiger partial charge >= 0.3 is 0 Å². The van der Waals surface area contributed by atoms with E-state index in [9.17, 15) is 0 Å². The number of rotatable bonds is 0. The minimum Gasteiger partial charge on any atom is -0.352 e. The van der Waals surface area contributed by atoms with Crippen molar-refractivity contribution in [3.05, 3.63) is 0 Å². The van der Waals surface area contributed by atoms with Crippen molar-refractivity contribution in [3.63, 3.8) is 0 Å². The average molecular weight is 240 g/mol. The highest BCUT2D eigenvalue weighted by Gasteiger charge is 2.49. The Morgan fingerprint density at radius 2 is 1.18 bits per heavy atom. The third-order valence-corrected chi connectivity index (χ3v) is 3.38. The maximum Gasteiger partial charge on any atom is 0.176 e. The van der Waals surface area contributed by atoms with Crippen LogP contribution in [-0.4, -0.2) is 28.7 Å². The zero-order valence-corrected chi connectivity index (χ0v) is 8.47. The molecule has 1 fully saturated rings. The fourth-order valence-electron chi connectivity index (χ4n) is 0.610. The minimum absolute atomic E-state index is 0.0586. The second-order valence-electron chi connectivity index (χ2n) is 2.22. The zero-order chi connectivity index (χ0) is 8.54. The quantitative estimate of drug-likeness (QED) is 0.605. The van der Waals surface area contributed by atoms with Gasteiger partial charge in [0.25, 0.3) is 0 Å². The van der Waals surface area contributed by atoms with Crippen LogP contribution in [0.3, 0.4) is 0 Å². The fraction of sp³-hybridized carbons (Fsp3) is 1.00. The number of halogens is 4. The predicted octanol–water partition coefficient (Wildman–Crippen LogP) is 2.34. The highest BCUT2D eigenvalue weighted by molar-refractivity contribution is 6.62. The van der Waals surface area contributed by atoms with Gasteiger partial charge in [-0.25, -0.2) is 0 Å². The van der Waals surface area contributed by atoms with E-state index < -0.39 is 8.67 Å². The number of ether oxygens (including phenoxy) is 2.